The third-order valence-electron chi connectivity index (χ3n) is 5.23. The molecular formula is C20H33ClN2O. The Bertz CT molecular complexity index is 483. The highest BCUT2D eigenvalue weighted by Gasteiger charge is 2.20. The summed E-state index contributed by atoms with van der Waals surface area (Å²) >= 11 is 0. The number of halogens is 1. The number of nitrogens with one attached hydrogen (secondary N) is 1. The first-order chi connectivity index (χ1) is 11.1. The number of hydrogen-bond acceptors (Lipinski definition) is 2. The lowest BCUT2D eigenvalue weighted by molar-refractivity contribution is -0.132. The van der Waals surface area contributed by atoms with E-state index in [1.807, 2.05) is 11.9 Å². The molecule has 1 fully saturated rings. The van der Waals surface area contributed by atoms with Gasteiger partial charge in [0.05, 0.1) is 0 Å². The monoisotopic (exact) mass is 352 g/mol. The molecule has 4 heteroatoms. The Labute approximate surface area is 153 Å². The molecule has 1 amide bonds. The number of rotatable bonds is 7. The van der Waals surface area contributed by atoms with Gasteiger partial charge in [0.25, 0.3) is 0 Å². The topological polar surface area (TPSA) is 32.3 Å². The SMILES string of the molecule is CCC(Cc1ccc(C)cc1)N(C)C(=O)CCC1CCNCC1.Cl. The molecular weight excluding hydrogens is 320 g/mol. The van der Waals surface area contributed by atoms with Crippen LogP contribution in [-0.4, -0.2) is 37.0 Å². The van der Waals surface area contributed by atoms with E-state index in [1.165, 1.54) is 24.0 Å². The maximum absolute atomic E-state index is 12.5. The fourth-order valence-electron chi connectivity index (χ4n) is 3.43. The maximum Gasteiger partial charge on any atom is 0.222 e. The van der Waals surface area contributed by atoms with Gasteiger partial charge in [0.2, 0.25) is 5.91 Å². The van der Waals surface area contributed by atoms with Gasteiger partial charge in [-0.1, -0.05) is 36.8 Å². The van der Waals surface area contributed by atoms with Crippen LogP contribution in [0.15, 0.2) is 24.3 Å². The maximum atomic E-state index is 12.5. The second-order valence-electron chi connectivity index (χ2n) is 6.99. The van der Waals surface area contributed by atoms with Crippen LogP contribution in [0.1, 0.15) is 50.2 Å². The Morgan fingerprint density at radius 3 is 2.46 bits per heavy atom. The van der Waals surface area contributed by atoms with E-state index in [4.69, 9.17) is 0 Å². The molecule has 1 unspecified atom stereocenters. The number of carbonyl (C=O) groups is 1. The number of benzene rings is 1. The molecule has 0 bridgehead atoms. The summed E-state index contributed by atoms with van der Waals surface area (Å²) in [5.74, 6) is 1.04. The quantitative estimate of drug-likeness (QED) is 0.805. The van der Waals surface area contributed by atoms with Gasteiger partial charge in [0.15, 0.2) is 0 Å². The molecule has 1 aromatic carbocycles. The van der Waals surface area contributed by atoms with Gasteiger partial charge in [-0.15, -0.1) is 12.4 Å². The normalized spacial score (nSPS) is 16.3. The average molecular weight is 353 g/mol. The van der Waals surface area contributed by atoms with Gasteiger partial charge in [-0.2, -0.15) is 0 Å². The Morgan fingerprint density at radius 1 is 1.25 bits per heavy atom. The van der Waals surface area contributed by atoms with Gasteiger partial charge in [0.1, 0.15) is 0 Å². The highest BCUT2D eigenvalue weighted by Crippen LogP contribution is 2.19. The second-order valence-corrected chi connectivity index (χ2v) is 6.99. The fraction of sp³-hybridized carbons (Fsp3) is 0.650. The van der Waals surface area contributed by atoms with E-state index in [0.717, 1.165) is 38.3 Å². The van der Waals surface area contributed by atoms with E-state index in [9.17, 15) is 4.79 Å². The van der Waals surface area contributed by atoms with Gasteiger partial charge in [-0.3, -0.25) is 4.79 Å². The summed E-state index contributed by atoms with van der Waals surface area (Å²) in [5.41, 5.74) is 2.61. The zero-order chi connectivity index (χ0) is 16.7. The molecule has 1 atom stereocenters. The lowest BCUT2D eigenvalue weighted by Gasteiger charge is -2.29. The van der Waals surface area contributed by atoms with Crippen LogP contribution in [-0.2, 0) is 11.2 Å². The predicted octanol–water partition coefficient (Wildman–Crippen LogP) is 3.98. The van der Waals surface area contributed by atoms with E-state index in [-0.39, 0.29) is 12.4 Å². The largest absolute Gasteiger partial charge is 0.342 e. The molecule has 136 valence electrons. The van der Waals surface area contributed by atoms with E-state index in [2.05, 4.69) is 43.4 Å². The van der Waals surface area contributed by atoms with Crippen LogP contribution in [0.4, 0.5) is 0 Å². The van der Waals surface area contributed by atoms with Crippen LogP contribution in [0.3, 0.4) is 0 Å². The Kier molecular flexibility index (Phi) is 9.38. The van der Waals surface area contributed by atoms with Crippen LogP contribution in [0.25, 0.3) is 0 Å². The zero-order valence-corrected chi connectivity index (χ0v) is 16.2. The number of amides is 1. The molecule has 0 spiro atoms. The van der Waals surface area contributed by atoms with Crippen LogP contribution < -0.4 is 5.32 Å². The number of carbonyl (C=O) groups excluding carboxylic acids is 1. The molecule has 1 aliphatic heterocycles. The van der Waals surface area contributed by atoms with Gasteiger partial charge in [-0.05, 0) is 63.6 Å². The number of aryl methyl sites for hydroxylation is 1. The van der Waals surface area contributed by atoms with Crippen LogP contribution in [0, 0.1) is 12.8 Å². The molecule has 24 heavy (non-hydrogen) atoms. The standard InChI is InChI=1S/C20H32N2O.ClH/c1-4-19(15-18-7-5-16(2)6-8-18)22(3)20(23)10-9-17-11-13-21-14-12-17;/h5-8,17,19,21H,4,9-15H2,1-3H3;1H. The Morgan fingerprint density at radius 2 is 1.88 bits per heavy atom. The molecule has 0 saturated carbocycles. The molecule has 1 aliphatic rings. The van der Waals surface area contributed by atoms with Crippen molar-refractivity contribution in [1.82, 2.24) is 10.2 Å². The minimum atomic E-state index is 0. The molecule has 0 aliphatic carbocycles. The Balaban J connectivity index is 0.00000288. The summed E-state index contributed by atoms with van der Waals surface area (Å²) in [6.07, 6.45) is 6.14. The van der Waals surface area contributed by atoms with Gasteiger partial charge in [0, 0.05) is 19.5 Å². The summed E-state index contributed by atoms with van der Waals surface area (Å²) in [4.78, 5) is 14.5. The van der Waals surface area contributed by atoms with Gasteiger partial charge >= 0.3 is 0 Å². The number of piperidine rings is 1. The van der Waals surface area contributed by atoms with E-state index >= 15 is 0 Å². The summed E-state index contributed by atoms with van der Waals surface area (Å²) in [6, 6.07) is 8.98. The van der Waals surface area contributed by atoms with Crippen molar-refractivity contribution in [3.63, 3.8) is 0 Å². The molecule has 1 heterocycles. The molecule has 3 nitrogen and oxygen atoms in total. The van der Waals surface area contributed by atoms with Crippen LogP contribution in [0.2, 0.25) is 0 Å². The van der Waals surface area contributed by atoms with E-state index in [1.54, 1.807) is 0 Å². The van der Waals surface area contributed by atoms with Crippen molar-refractivity contribution >= 4 is 18.3 Å². The van der Waals surface area contributed by atoms with E-state index < -0.39 is 0 Å². The first kappa shape index (κ1) is 21.0. The van der Waals surface area contributed by atoms with Gasteiger partial charge in [-0.25, -0.2) is 0 Å². The smallest absolute Gasteiger partial charge is 0.222 e. The lowest BCUT2D eigenvalue weighted by atomic mass is 9.92. The lowest BCUT2D eigenvalue weighted by Crippen LogP contribution is -2.38. The highest BCUT2D eigenvalue weighted by molar-refractivity contribution is 5.85. The molecule has 1 saturated heterocycles. The van der Waals surface area contributed by atoms with Crippen molar-refractivity contribution in [3.8, 4) is 0 Å². The third kappa shape index (κ3) is 6.45. The molecule has 0 radical (unpaired) electrons. The minimum absolute atomic E-state index is 0. The van der Waals surface area contributed by atoms with Crippen molar-refractivity contribution in [2.45, 2.75) is 58.4 Å². The van der Waals surface area contributed by atoms with Crippen molar-refractivity contribution in [1.29, 1.82) is 0 Å². The molecule has 2 rings (SSSR count). The van der Waals surface area contributed by atoms with Crippen molar-refractivity contribution in [2.75, 3.05) is 20.1 Å². The number of likely N-dealkylation sites (N-methyl/N-ethyl adjacent to an activating group) is 1. The summed E-state index contributed by atoms with van der Waals surface area (Å²) in [6.45, 7) is 6.51. The van der Waals surface area contributed by atoms with Crippen LogP contribution >= 0.6 is 12.4 Å². The first-order valence-corrected chi connectivity index (χ1v) is 9.12. The Hall–Kier alpha value is -1.06. The van der Waals surface area contributed by atoms with Crippen molar-refractivity contribution < 1.29 is 4.79 Å². The van der Waals surface area contributed by atoms with Crippen LogP contribution in [0.5, 0.6) is 0 Å². The molecule has 1 N–H and O–H groups in total. The van der Waals surface area contributed by atoms with E-state index in [0.29, 0.717) is 18.4 Å². The molecule has 0 aromatic heterocycles. The van der Waals surface area contributed by atoms with Gasteiger partial charge < -0.3 is 10.2 Å². The summed E-state index contributed by atoms with van der Waals surface area (Å²) < 4.78 is 0. The average Bonchev–Trinajstić information content (AvgIpc) is 2.59. The number of hydrogen-bond donors (Lipinski definition) is 1. The zero-order valence-electron chi connectivity index (χ0n) is 15.4. The fourth-order valence-corrected chi connectivity index (χ4v) is 3.43. The predicted molar refractivity (Wildman–Crippen MR) is 104 cm³/mol. The summed E-state index contributed by atoms with van der Waals surface area (Å²) in [7, 11) is 1.98. The third-order valence-corrected chi connectivity index (χ3v) is 5.23. The second kappa shape index (κ2) is 10.7. The highest BCUT2D eigenvalue weighted by atomic mass is 35.5. The minimum Gasteiger partial charge on any atom is -0.342 e. The van der Waals surface area contributed by atoms with Crippen molar-refractivity contribution in [3.05, 3.63) is 35.4 Å². The first-order valence-electron chi connectivity index (χ1n) is 9.12. The summed E-state index contributed by atoms with van der Waals surface area (Å²) in [5, 5.41) is 3.39. The number of nitrogens with zero attached hydrogens (tertiary/aromatic N) is 1. The van der Waals surface area contributed by atoms with Crippen molar-refractivity contribution in [2.24, 2.45) is 5.92 Å². The molecule has 1 aromatic rings.